The molecule has 160 valence electrons. The molecule has 3 aromatic heterocycles. The second-order valence-corrected chi connectivity index (χ2v) is 7.41. The van der Waals surface area contributed by atoms with Gasteiger partial charge in [-0.2, -0.15) is 22.8 Å². The predicted octanol–water partition coefficient (Wildman–Crippen LogP) is 1.93. The molecule has 0 unspecified atom stereocenters. The smallest absolute Gasteiger partial charge is 0.355 e. The fraction of sp³-hybridized carbons (Fsp3) is 0.500. The van der Waals surface area contributed by atoms with Crippen molar-refractivity contribution in [3.8, 4) is 0 Å². The number of alkyl halides is 3. The van der Waals surface area contributed by atoms with Crippen LogP contribution in [-0.4, -0.2) is 66.6 Å². The minimum atomic E-state index is -4.63. The van der Waals surface area contributed by atoms with E-state index in [4.69, 9.17) is 0 Å². The Balaban J connectivity index is 1.46. The van der Waals surface area contributed by atoms with Crippen molar-refractivity contribution in [2.45, 2.75) is 32.0 Å². The highest BCUT2D eigenvalue weighted by Gasteiger charge is 2.38. The van der Waals surface area contributed by atoms with Gasteiger partial charge in [-0.15, -0.1) is 15.3 Å². The molecule has 0 bridgehead atoms. The van der Waals surface area contributed by atoms with Crippen molar-refractivity contribution in [3.63, 3.8) is 0 Å². The van der Waals surface area contributed by atoms with E-state index in [1.54, 1.807) is 35.8 Å². The number of aryl methyl sites for hydroxylation is 2. The van der Waals surface area contributed by atoms with Crippen LogP contribution in [0.5, 0.6) is 0 Å². The maximum atomic E-state index is 13.1. The molecule has 9 nitrogen and oxygen atoms in total. The van der Waals surface area contributed by atoms with E-state index in [9.17, 15) is 18.0 Å². The van der Waals surface area contributed by atoms with Crippen LogP contribution in [0.2, 0.25) is 0 Å². The van der Waals surface area contributed by atoms with Crippen LogP contribution < -0.4 is 4.90 Å². The van der Waals surface area contributed by atoms with Crippen molar-refractivity contribution in [1.29, 1.82) is 0 Å². The van der Waals surface area contributed by atoms with Crippen molar-refractivity contribution >= 4 is 17.4 Å². The Labute approximate surface area is 170 Å². The van der Waals surface area contributed by atoms with E-state index in [-0.39, 0.29) is 17.6 Å². The minimum Gasteiger partial charge on any atom is -0.355 e. The molecule has 3 aromatic rings. The van der Waals surface area contributed by atoms with Crippen LogP contribution in [-0.2, 0) is 13.2 Å². The zero-order valence-corrected chi connectivity index (χ0v) is 16.8. The number of amides is 1. The van der Waals surface area contributed by atoms with E-state index in [2.05, 4.69) is 20.4 Å². The highest BCUT2D eigenvalue weighted by molar-refractivity contribution is 5.92. The number of hydrogen-bond acceptors (Lipinski definition) is 6. The summed E-state index contributed by atoms with van der Waals surface area (Å²) in [6, 6.07) is 4.87. The Hall–Kier alpha value is -3.18. The number of carbonyl (C=O) groups excluding carboxylic acids is 1. The maximum absolute atomic E-state index is 13.1. The molecule has 0 aromatic carbocycles. The van der Waals surface area contributed by atoms with Crippen molar-refractivity contribution in [3.05, 3.63) is 35.4 Å². The molecule has 1 aliphatic heterocycles. The number of halogens is 3. The summed E-state index contributed by atoms with van der Waals surface area (Å²) in [4.78, 5) is 16.3. The first kappa shape index (κ1) is 20.1. The summed E-state index contributed by atoms with van der Waals surface area (Å²) in [6.45, 7) is 3.00. The molecule has 4 rings (SSSR count). The van der Waals surface area contributed by atoms with Gasteiger partial charge in [0.15, 0.2) is 11.3 Å². The number of carbonyl (C=O) groups is 1. The highest BCUT2D eigenvalue weighted by Crippen LogP contribution is 2.28. The van der Waals surface area contributed by atoms with Crippen LogP contribution in [0.1, 0.15) is 34.8 Å². The number of aromatic nitrogens is 6. The second-order valence-electron chi connectivity index (χ2n) is 7.41. The van der Waals surface area contributed by atoms with Crippen LogP contribution in [0.4, 0.5) is 19.0 Å². The summed E-state index contributed by atoms with van der Waals surface area (Å²) in [7, 11) is 3.54. The lowest BCUT2D eigenvalue weighted by Crippen LogP contribution is -2.46. The Kier molecular flexibility index (Phi) is 4.86. The first-order valence-corrected chi connectivity index (χ1v) is 9.47. The minimum absolute atomic E-state index is 0.0143. The van der Waals surface area contributed by atoms with Crippen LogP contribution in [0.25, 0.3) is 5.65 Å². The average Bonchev–Trinajstić information content (AvgIpc) is 3.29. The van der Waals surface area contributed by atoms with Gasteiger partial charge in [0.05, 0.1) is 0 Å². The standard InChI is InChI=1S/C18H21F3N8O/c1-11-10-13(24-27(11)3)16(30)26(2)12-6-8-28(9-7-12)15-5-4-14-22-23-17(18(19,20)21)29(14)25-15/h4-5,10,12H,6-9H2,1-3H3. The van der Waals surface area contributed by atoms with E-state index in [1.807, 2.05) is 11.8 Å². The summed E-state index contributed by atoms with van der Waals surface area (Å²) in [6.07, 6.45) is -3.30. The van der Waals surface area contributed by atoms with Crippen molar-refractivity contribution in [1.82, 2.24) is 34.5 Å². The average molecular weight is 422 g/mol. The van der Waals surface area contributed by atoms with Gasteiger partial charge in [0.1, 0.15) is 5.82 Å². The summed E-state index contributed by atoms with van der Waals surface area (Å²) < 4.78 is 41.6. The van der Waals surface area contributed by atoms with E-state index < -0.39 is 12.0 Å². The Morgan fingerprint density at radius 1 is 1.17 bits per heavy atom. The summed E-state index contributed by atoms with van der Waals surface area (Å²) in [5.74, 6) is -0.873. The van der Waals surface area contributed by atoms with Gasteiger partial charge < -0.3 is 9.80 Å². The quantitative estimate of drug-likeness (QED) is 0.641. The van der Waals surface area contributed by atoms with Gasteiger partial charge in [0.2, 0.25) is 0 Å². The zero-order valence-electron chi connectivity index (χ0n) is 16.8. The molecule has 30 heavy (non-hydrogen) atoms. The molecule has 0 saturated carbocycles. The normalized spacial score (nSPS) is 15.7. The third-order valence-electron chi connectivity index (χ3n) is 5.49. The van der Waals surface area contributed by atoms with E-state index in [1.165, 1.54) is 6.07 Å². The van der Waals surface area contributed by atoms with Gasteiger partial charge in [-0.3, -0.25) is 9.48 Å². The Morgan fingerprint density at radius 3 is 2.47 bits per heavy atom. The van der Waals surface area contributed by atoms with Gasteiger partial charge in [-0.1, -0.05) is 0 Å². The zero-order chi connectivity index (χ0) is 21.6. The lowest BCUT2D eigenvalue weighted by atomic mass is 10.0. The molecular weight excluding hydrogens is 401 g/mol. The Bertz CT molecular complexity index is 1060. The third kappa shape index (κ3) is 3.57. The summed E-state index contributed by atoms with van der Waals surface area (Å²) in [5, 5.41) is 15.1. The molecule has 0 spiro atoms. The molecule has 0 radical (unpaired) electrons. The monoisotopic (exact) mass is 422 g/mol. The Morgan fingerprint density at radius 2 is 1.87 bits per heavy atom. The van der Waals surface area contributed by atoms with E-state index in [0.29, 0.717) is 37.4 Å². The predicted molar refractivity (Wildman–Crippen MR) is 101 cm³/mol. The van der Waals surface area contributed by atoms with Gasteiger partial charge in [-0.05, 0) is 38.0 Å². The van der Waals surface area contributed by atoms with E-state index in [0.717, 1.165) is 10.2 Å². The molecule has 1 aliphatic rings. The summed E-state index contributed by atoms with van der Waals surface area (Å²) in [5.41, 5.74) is 1.34. The fourth-order valence-electron chi connectivity index (χ4n) is 3.62. The number of nitrogens with zero attached hydrogens (tertiary/aromatic N) is 8. The molecular formula is C18H21F3N8O. The van der Waals surface area contributed by atoms with Gasteiger partial charge in [-0.25, -0.2) is 0 Å². The van der Waals surface area contributed by atoms with Crippen LogP contribution >= 0.6 is 0 Å². The van der Waals surface area contributed by atoms with Gasteiger partial charge in [0, 0.05) is 38.9 Å². The van der Waals surface area contributed by atoms with Crippen LogP contribution in [0.3, 0.4) is 0 Å². The maximum Gasteiger partial charge on any atom is 0.453 e. The molecule has 12 heteroatoms. The SMILES string of the molecule is Cc1cc(C(=O)N(C)C2CCN(c3ccc4nnc(C(F)(F)F)n4n3)CC2)nn1C. The second kappa shape index (κ2) is 7.26. The molecule has 1 fully saturated rings. The molecule has 4 heterocycles. The topological polar surface area (TPSA) is 84.5 Å². The van der Waals surface area contributed by atoms with Gasteiger partial charge >= 0.3 is 6.18 Å². The van der Waals surface area contributed by atoms with Gasteiger partial charge in [0.25, 0.3) is 11.7 Å². The lowest BCUT2D eigenvalue weighted by Gasteiger charge is -2.37. The van der Waals surface area contributed by atoms with Crippen LogP contribution in [0, 0.1) is 6.92 Å². The number of anilines is 1. The number of fused-ring (bicyclic) bond motifs is 1. The van der Waals surface area contributed by atoms with Crippen LogP contribution in [0.15, 0.2) is 18.2 Å². The molecule has 0 aliphatic carbocycles. The number of hydrogen-bond donors (Lipinski definition) is 0. The molecule has 1 saturated heterocycles. The van der Waals surface area contributed by atoms with Crippen molar-refractivity contribution in [2.24, 2.45) is 7.05 Å². The number of piperidine rings is 1. The fourth-order valence-corrected chi connectivity index (χ4v) is 3.62. The highest BCUT2D eigenvalue weighted by atomic mass is 19.4. The van der Waals surface area contributed by atoms with Crippen molar-refractivity contribution < 1.29 is 18.0 Å². The largest absolute Gasteiger partial charge is 0.453 e. The molecule has 0 atom stereocenters. The summed E-state index contributed by atoms with van der Waals surface area (Å²) >= 11 is 0. The number of rotatable bonds is 3. The van der Waals surface area contributed by atoms with Crippen molar-refractivity contribution in [2.75, 3.05) is 25.0 Å². The molecule has 0 N–H and O–H groups in total. The molecule has 1 amide bonds. The lowest BCUT2D eigenvalue weighted by molar-refractivity contribution is -0.146. The third-order valence-corrected chi connectivity index (χ3v) is 5.49. The first-order chi connectivity index (χ1) is 14.1. The van der Waals surface area contributed by atoms with E-state index >= 15 is 0 Å². The first-order valence-electron chi connectivity index (χ1n) is 9.47.